The smallest absolute Gasteiger partial charge is 0.408 e. The third kappa shape index (κ3) is 5.06. The van der Waals surface area contributed by atoms with Crippen LogP contribution in [0, 0.1) is 0 Å². The third-order valence-corrected chi connectivity index (χ3v) is 6.75. The maximum Gasteiger partial charge on any atom is 0.408 e. The molecule has 0 aromatic heterocycles. The van der Waals surface area contributed by atoms with Crippen LogP contribution in [0.15, 0.2) is 53.4 Å². The number of anilines is 1. The number of nitrogens with one attached hydrogen (secondary N) is 3. The van der Waals surface area contributed by atoms with Crippen molar-refractivity contribution in [3.05, 3.63) is 59.7 Å². The third-order valence-electron chi connectivity index (χ3n) is 4.94. The van der Waals surface area contributed by atoms with Gasteiger partial charge < -0.3 is 20.7 Å². The van der Waals surface area contributed by atoms with E-state index < -0.39 is 33.5 Å². The zero-order chi connectivity index (χ0) is 23.5. The highest BCUT2D eigenvalue weighted by molar-refractivity contribution is 7.89. The summed E-state index contributed by atoms with van der Waals surface area (Å²) in [6.07, 6.45) is -0.507. The molecule has 3 rings (SSSR count). The Hall–Kier alpha value is -3.44. The highest BCUT2D eigenvalue weighted by Crippen LogP contribution is 2.27. The van der Waals surface area contributed by atoms with Crippen molar-refractivity contribution in [1.29, 1.82) is 0 Å². The molecule has 1 heterocycles. The van der Waals surface area contributed by atoms with E-state index in [1.807, 2.05) is 6.92 Å². The number of benzene rings is 2. The van der Waals surface area contributed by atoms with Crippen LogP contribution in [0.3, 0.4) is 0 Å². The predicted molar refractivity (Wildman–Crippen MR) is 117 cm³/mol. The summed E-state index contributed by atoms with van der Waals surface area (Å²) >= 11 is 0. The lowest BCUT2D eigenvalue weighted by Gasteiger charge is -2.22. The Morgan fingerprint density at radius 1 is 1.16 bits per heavy atom. The molecule has 3 N–H and O–H groups in total. The van der Waals surface area contributed by atoms with Gasteiger partial charge in [-0.15, -0.1) is 0 Å². The summed E-state index contributed by atoms with van der Waals surface area (Å²) in [5, 5.41) is 7.89. The van der Waals surface area contributed by atoms with E-state index in [-0.39, 0.29) is 23.6 Å². The maximum atomic E-state index is 12.4. The Labute approximate surface area is 186 Å². The molecule has 11 heteroatoms. The summed E-state index contributed by atoms with van der Waals surface area (Å²) in [5.41, 5.74) is 0.657. The largest absolute Gasteiger partial charge is 0.447 e. The van der Waals surface area contributed by atoms with Crippen LogP contribution in [0.4, 0.5) is 10.5 Å². The molecule has 10 nitrogen and oxygen atoms in total. The number of sulfonamides is 1. The fraction of sp³-hybridized carbons (Fsp3) is 0.286. The summed E-state index contributed by atoms with van der Waals surface area (Å²) in [6, 6.07) is 12.5. The molecule has 32 heavy (non-hydrogen) atoms. The minimum absolute atomic E-state index is 0.0205. The highest BCUT2D eigenvalue weighted by Gasteiger charge is 2.36. The first-order valence-corrected chi connectivity index (χ1v) is 11.1. The van der Waals surface area contributed by atoms with E-state index in [0.29, 0.717) is 5.69 Å². The number of ether oxygens (including phenoxy) is 1. The van der Waals surface area contributed by atoms with Gasteiger partial charge in [0.25, 0.3) is 5.91 Å². The molecule has 0 bridgehead atoms. The van der Waals surface area contributed by atoms with Crippen LogP contribution in [0.2, 0.25) is 0 Å². The van der Waals surface area contributed by atoms with Crippen LogP contribution in [-0.4, -0.2) is 57.9 Å². The number of hydrogen-bond donors (Lipinski definition) is 3. The van der Waals surface area contributed by atoms with Gasteiger partial charge in [0.05, 0.1) is 17.0 Å². The molecule has 0 saturated carbocycles. The maximum absolute atomic E-state index is 12.4. The number of nitrogens with zero attached hydrogens (tertiary/aromatic N) is 1. The van der Waals surface area contributed by atoms with Gasteiger partial charge in [-0.05, 0) is 42.8 Å². The monoisotopic (exact) mass is 460 g/mol. The molecule has 3 amide bonds. The lowest BCUT2D eigenvalue weighted by atomic mass is 9.93. The second-order valence-corrected chi connectivity index (χ2v) is 9.81. The highest BCUT2D eigenvalue weighted by atomic mass is 32.2. The molecule has 0 aliphatic carbocycles. The van der Waals surface area contributed by atoms with Gasteiger partial charge in [-0.1, -0.05) is 18.2 Å². The standard InChI is InChI=1S/C21H24N4O6S/c1-21(13-31-20(28)24-21)15-7-5-8-16(11-15)23-18(26)12-22-19(27)14-6-4-9-17(10-14)32(29,30)25(2)3/h4-11H,12-13H2,1-3H3,(H,22,27)(H,23,26)(H,24,28). The first-order chi connectivity index (χ1) is 15.0. The van der Waals surface area contributed by atoms with E-state index in [1.54, 1.807) is 24.3 Å². The summed E-state index contributed by atoms with van der Waals surface area (Å²) in [5.74, 6) is -1.05. The van der Waals surface area contributed by atoms with Gasteiger partial charge in [0.1, 0.15) is 6.61 Å². The number of rotatable bonds is 7. The van der Waals surface area contributed by atoms with Crippen molar-refractivity contribution in [2.75, 3.05) is 32.6 Å². The summed E-state index contributed by atoms with van der Waals surface area (Å²) in [6.45, 7) is 1.66. The second-order valence-electron chi connectivity index (χ2n) is 7.66. The molecule has 1 aliphatic heterocycles. The number of carbonyl (C=O) groups is 3. The SMILES string of the molecule is CN(C)S(=O)(=O)c1cccc(C(=O)NCC(=O)Nc2cccc(C3(C)COC(=O)N3)c2)c1. The molecule has 1 saturated heterocycles. The van der Waals surface area contributed by atoms with Gasteiger partial charge in [0.2, 0.25) is 15.9 Å². The first kappa shape index (κ1) is 23.2. The molecule has 2 aromatic rings. The van der Waals surface area contributed by atoms with Crippen molar-refractivity contribution >= 4 is 33.6 Å². The summed E-state index contributed by atoms with van der Waals surface area (Å²) in [7, 11) is -0.889. The van der Waals surface area contributed by atoms with Crippen molar-refractivity contribution in [3.63, 3.8) is 0 Å². The van der Waals surface area contributed by atoms with Gasteiger partial charge >= 0.3 is 6.09 Å². The number of cyclic esters (lactones) is 1. The average Bonchev–Trinajstić information content (AvgIpc) is 3.12. The molecular formula is C21H24N4O6S. The number of hydrogen-bond acceptors (Lipinski definition) is 6. The van der Waals surface area contributed by atoms with Crippen molar-refractivity contribution in [2.24, 2.45) is 0 Å². The number of amides is 3. The topological polar surface area (TPSA) is 134 Å². The molecule has 1 aliphatic rings. The Bertz CT molecular complexity index is 1160. The van der Waals surface area contributed by atoms with E-state index in [2.05, 4.69) is 16.0 Å². The van der Waals surface area contributed by atoms with E-state index in [9.17, 15) is 22.8 Å². The normalized spacial score (nSPS) is 18.1. The van der Waals surface area contributed by atoms with Crippen LogP contribution < -0.4 is 16.0 Å². The molecule has 1 atom stereocenters. The molecular weight excluding hydrogens is 436 g/mol. The first-order valence-electron chi connectivity index (χ1n) is 9.67. The predicted octanol–water partition coefficient (Wildman–Crippen LogP) is 1.26. The Balaban J connectivity index is 1.62. The van der Waals surface area contributed by atoms with Gasteiger partial charge in [-0.25, -0.2) is 17.5 Å². The van der Waals surface area contributed by atoms with E-state index >= 15 is 0 Å². The Morgan fingerprint density at radius 3 is 2.53 bits per heavy atom. The van der Waals surface area contributed by atoms with Crippen molar-refractivity contribution < 1.29 is 27.5 Å². The molecule has 0 radical (unpaired) electrons. The Kier molecular flexibility index (Phi) is 6.51. The van der Waals surface area contributed by atoms with Gasteiger partial charge in [0, 0.05) is 25.3 Å². The summed E-state index contributed by atoms with van der Waals surface area (Å²) < 4.78 is 30.5. The minimum atomic E-state index is -3.69. The van der Waals surface area contributed by atoms with Crippen LogP contribution in [-0.2, 0) is 25.1 Å². The Morgan fingerprint density at radius 2 is 1.88 bits per heavy atom. The molecule has 2 aromatic carbocycles. The molecule has 1 unspecified atom stereocenters. The van der Waals surface area contributed by atoms with E-state index in [4.69, 9.17) is 4.74 Å². The minimum Gasteiger partial charge on any atom is -0.447 e. The van der Waals surface area contributed by atoms with Crippen molar-refractivity contribution in [1.82, 2.24) is 14.9 Å². The lowest BCUT2D eigenvalue weighted by Crippen LogP contribution is -2.37. The fourth-order valence-corrected chi connectivity index (χ4v) is 4.03. The van der Waals surface area contributed by atoms with Gasteiger partial charge in [-0.2, -0.15) is 0 Å². The number of alkyl carbamates (subject to hydrolysis) is 1. The zero-order valence-corrected chi connectivity index (χ0v) is 18.7. The summed E-state index contributed by atoms with van der Waals surface area (Å²) in [4.78, 5) is 36.1. The fourth-order valence-electron chi connectivity index (χ4n) is 3.08. The lowest BCUT2D eigenvalue weighted by molar-refractivity contribution is -0.115. The average molecular weight is 461 g/mol. The van der Waals surface area contributed by atoms with Crippen LogP contribution in [0.1, 0.15) is 22.8 Å². The van der Waals surface area contributed by atoms with Crippen molar-refractivity contribution in [3.8, 4) is 0 Å². The zero-order valence-electron chi connectivity index (χ0n) is 17.8. The molecule has 1 fully saturated rings. The van der Waals surface area contributed by atoms with Crippen molar-refractivity contribution in [2.45, 2.75) is 17.4 Å². The van der Waals surface area contributed by atoms with Crippen LogP contribution in [0.5, 0.6) is 0 Å². The second kappa shape index (κ2) is 8.97. The molecule has 170 valence electrons. The van der Waals surface area contributed by atoms with Gasteiger partial charge in [-0.3, -0.25) is 9.59 Å². The van der Waals surface area contributed by atoms with Gasteiger partial charge in [0.15, 0.2) is 0 Å². The van der Waals surface area contributed by atoms with Crippen LogP contribution >= 0.6 is 0 Å². The number of carbonyl (C=O) groups excluding carboxylic acids is 3. The van der Waals surface area contributed by atoms with Crippen LogP contribution in [0.25, 0.3) is 0 Å². The quantitative estimate of drug-likeness (QED) is 0.570. The molecule has 0 spiro atoms. The van der Waals surface area contributed by atoms with E-state index in [1.165, 1.54) is 38.4 Å². The van der Waals surface area contributed by atoms with E-state index in [0.717, 1.165) is 9.87 Å².